The molecule has 1 N–H and O–H groups in total. The Labute approximate surface area is 182 Å². The topological polar surface area (TPSA) is 55.9 Å². The molecular formula is C23H27ClN4O2. The molecular weight excluding hydrogens is 400 g/mol. The number of amides is 2. The highest BCUT2D eigenvalue weighted by atomic mass is 35.5. The lowest BCUT2D eigenvalue weighted by Gasteiger charge is -2.45. The number of fused-ring (bicyclic) bond motifs is 1. The predicted molar refractivity (Wildman–Crippen MR) is 121 cm³/mol. The van der Waals surface area contributed by atoms with E-state index in [4.69, 9.17) is 11.6 Å². The minimum absolute atomic E-state index is 0.0569. The summed E-state index contributed by atoms with van der Waals surface area (Å²) < 4.78 is 0. The third-order valence-electron chi connectivity index (χ3n) is 6.12. The number of piperazine rings is 1. The standard InChI is InChI=1S/C23H27ClN4O2/c1-16(26-11-13-27(14-12-26)18-8-6-7-17(24)15-18)21(29)28-20-10-5-4-9-19(20)25-22(30)23(28,2)3/h4-10,15-16H,11-14H2,1-3H3,(H,25,30)/t16-/m1/s1. The molecule has 6 nitrogen and oxygen atoms in total. The summed E-state index contributed by atoms with van der Waals surface area (Å²) in [5.74, 6) is -0.231. The molecule has 1 saturated heterocycles. The number of hydrogen-bond donors (Lipinski definition) is 1. The van der Waals surface area contributed by atoms with Crippen molar-refractivity contribution in [2.24, 2.45) is 0 Å². The largest absolute Gasteiger partial charge is 0.369 e. The molecule has 0 spiro atoms. The van der Waals surface area contributed by atoms with E-state index in [9.17, 15) is 9.59 Å². The van der Waals surface area contributed by atoms with Crippen LogP contribution in [0.5, 0.6) is 0 Å². The summed E-state index contributed by atoms with van der Waals surface area (Å²) in [6.45, 7) is 8.68. The third-order valence-corrected chi connectivity index (χ3v) is 6.36. The van der Waals surface area contributed by atoms with Gasteiger partial charge in [-0.25, -0.2) is 0 Å². The third kappa shape index (κ3) is 3.66. The summed E-state index contributed by atoms with van der Waals surface area (Å²) in [4.78, 5) is 32.4. The van der Waals surface area contributed by atoms with Crippen LogP contribution >= 0.6 is 11.6 Å². The molecule has 30 heavy (non-hydrogen) atoms. The second-order valence-electron chi connectivity index (χ2n) is 8.38. The van der Waals surface area contributed by atoms with E-state index >= 15 is 0 Å². The molecule has 7 heteroatoms. The molecule has 2 aliphatic heterocycles. The molecule has 2 aromatic rings. The Morgan fingerprint density at radius 1 is 1.07 bits per heavy atom. The summed E-state index contributed by atoms with van der Waals surface area (Å²) in [6, 6.07) is 15.0. The Morgan fingerprint density at radius 2 is 1.77 bits per heavy atom. The first kappa shape index (κ1) is 20.7. The fraction of sp³-hybridized carbons (Fsp3) is 0.391. The van der Waals surface area contributed by atoms with Gasteiger partial charge in [0.15, 0.2) is 0 Å². The Bertz CT molecular complexity index is 969. The van der Waals surface area contributed by atoms with Gasteiger partial charge in [0.25, 0.3) is 0 Å². The number of carbonyl (C=O) groups excluding carboxylic acids is 2. The Balaban J connectivity index is 1.51. The maximum atomic E-state index is 13.6. The normalized spacial score (nSPS) is 19.8. The van der Waals surface area contributed by atoms with Crippen LogP contribution in [0.4, 0.5) is 17.1 Å². The second kappa shape index (κ2) is 7.93. The Morgan fingerprint density at radius 3 is 2.47 bits per heavy atom. The second-order valence-corrected chi connectivity index (χ2v) is 8.82. The maximum Gasteiger partial charge on any atom is 0.250 e. The van der Waals surface area contributed by atoms with Gasteiger partial charge in [0, 0.05) is 36.9 Å². The number of nitrogens with one attached hydrogen (secondary N) is 1. The SMILES string of the molecule is C[C@H](C(=O)N1c2ccccc2NC(=O)C1(C)C)N1CCN(c2cccc(Cl)c2)CC1. The molecule has 4 rings (SSSR count). The van der Waals surface area contributed by atoms with E-state index < -0.39 is 5.54 Å². The van der Waals surface area contributed by atoms with Crippen molar-refractivity contribution in [3.8, 4) is 0 Å². The zero-order valence-electron chi connectivity index (χ0n) is 17.6. The molecule has 0 bridgehead atoms. The number of nitrogens with zero attached hydrogens (tertiary/aromatic N) is 3. The van der Waals surface area contributed by atoms with Gasteiger partial charge >= 0.3 is 0 Å². The van der Waals surface area contributed by atoms with Crippen LogP contribution in [0.2, 0.25) is 5.02 Å². The number of para-hydroxylation sites is 2. The number of rotatable bonds is 3. The van der Waals surface area contributed by atoms with Crippen LogP contribution in [0.1, 0.15) is 20.8 Å². The molecule has 2 aromatic carbocycles. The number of carbonyl (C=O) groups is 2. The van der Waals surface area contributed by atoms with E-state index in [-0.39, 0.29) is 17.9 Å². The Kier molecular flexibility index (Phi) is 5.47. The highest BCUT2D eigenvalue weighted by Crippen LogP contribution is 2.37. The van der Waals surface area contributed by atoms with Crippen molar-refractivity contribution in [1.82, 2.24) is 4.90 Å². The van der Waals surface area contributed by atoms with Gasteiger partial charge in [-0.1, -0.05) is 29.8 Å². The molecule has 2 aliphatic rings. The van der Waals surface area contributed by atoms with Gasteiger partial charge in [0.2, 0.25) is 11.8 Å². The van der Waals surface area contributed by atoms with Crippen LogP contribution in [0.25, 0.3) is 0 Å². The van der Waals surface area contributed by atoms with Crippen LogP contribution < -0.4 is 15.1 Å². The van der Waals surface area contributed by atoms with Crippen molar-refractivity contribution < 1.29 is 9.59 Å². The highest BCUT2D eigenvalue weighted by Gasteiger charge is 2.45. The fourth-order valence-electron chi connectivity index (χ4n) is 4.23. The maximum absolute atomic E-state index is 13.6. The van der Waals surface area contributed by atoms with Gasteiger partial charge in [0.05, 0.1) is 17.4 Å². The van der Waals surface area contributed by atoms with E-state index in [1.165, 1.54) is 0 Å². The van der Waals surface area contributed by atoms with E-state index in [0.717, 1.165) is 42.6 Å². The quantitative estimate of drug-likeness (QED) is 0.814. The van der Waals surface area contributed by atoms with Crippen molar-refractivity contribution in [3.05, 3.63) is 53.6 Å². The van der Waals surface area contributed by atoms with Crippen molar-refractivity contribution >= 4 is 40.5 Å². The van der Waals surface area contributed by atoms with Crippen LogP contribution in [-0.2, 0) is 9.59 Å². The molecule has 158 valence electrons. The summed E-state index contributed by atoms with van der Waals surface area (Å²) >= 11 is 6.13. The van der Waals surface area contributed by atoms with Crippen molar-refractivity contribution in [1.29, 1.82) is 0 Å². The summed E-state index contributed by atoms with van der Waals surface area (Å²) in [7, 11) is 0. The van der Waals surface area contributed by atoms with Gasteiger partial charge in [0.1, 0.15) is 5.54 Å². The first-order valence-corrected chi connectivity index (χ1v) is 10.7. The van der Waals surface area contributed by atoms with Gasteiger partial charge in [-0.3, -0.25) is 19.4 Å². The molecule has 2 heterocycles. The van der Waals surface area contributed by atoms with Crippen molar-refractivity contribution in [3.63, 3.8) is 0 Å². The van der Waals surface area contributed by atoms with Crippen molar-refractivity contribution in [2.75, 3.05) is 41.3 Å². The molecule has 0 aliphatic carbocycles. The average molecular weight is 427 g/mol. The minimum Gasteiger partial charge on any atom is -0.369 e. The van der Waals surface area contributed by atoms with Crippen molar-refractivity contribution in [2.45, 2.75) is 32.4 Å². The monoisotopic (exact) mass is 426 g/mol. The summed E-state index contributed by atoms with van der Waals surface area (Å²) in [6.07, 6.45) is 0. The minimum atomic E-state index is -0.956. The predicted octanol–water partition coefficient (Wildman–Crippen LogP) is 3.61. The number of benzene rings is 2. The lowest BCUT2D eigenvalue weighted by atomic mass is 9.95. The number of hydrogen-bond acceptors (Lipinski definition) is 4. The van der Waals surface area contributed by atoms with E-state index in [1.54, 1.807) is 18.7 Å². The van der Waals surface area contributed by atoms with Gasteiger partial charge in [-0.15, -0.1) is 0 Å². The molecule has 1 fully saturated rings. The molecule has 1 atom stereocenters. The number of halogens is 1. The Hall–Kier alpha value is -2.57. The zero-order valence-corrected chi connectivity index (χ0v) is 18.3. The molecule has 0 saturated carbocycles. The molecule has 0 aromatic heterocycles. The summed E-state index contributed by atoms with van der Waals surface area (Å²) in [5, 5.41) is 3.64. The fourth-order valence-corrected chi connectivity index (χ4v) is 4.41. The van der Waals surface area contributed by atoms with Gasteiger partial charge in [-0.05, 0) is 51.1 Å². The van der Waals surface area contributed by atoms with Crippen LogP contribution in [0.3, 0.4) is 0 Å². The first-order valence-electron chi connectivity index (χ1n) is 10.3. The molecule has 0 unspecified atom stereocenters. The molecule has 0 radical (unpaired) electrons. The van der Waals surface area contributed by atoms with E-state index in [1.807, 2.05) is 49.4 Å². The van der Waals surface area contributed by atoms with Crippen LogP contribution in [-0.4, -0.2) is 54.5 Å². The van der Waals surface area contributed by atoms with Crippen LogP contribution in [0, 0.1) is 0 Å². The zero-order chi connectivity index (χ0) is 21.5. The van der Waals surface area contributed by atoms with Crippen LogP contribution in [0.15, 0.2) is 48.5 Å². The first-order chi connectivity index (χ1) is 14.3. The molecule has 2 amide bonds. The highest BCUT2D eigenvalue weighted by molar-refractivity contribution is 6.30. The van der Waals surface area contributed by atoms with E-state index in [2.05, 4.69) is 21.2 Å². The smallest absolute Gasteiger partial charge is 0.250 e. The van der Waals surface area contributed by atoms with Gasteiger partial charge < -0.3 is 10.2 Å². The van der Waals surface area contributed by atoms with E-state index in [0.29, 0.717) is 5.69 Å². The average Bonchev–Trinajstić information content (AvgIpc) is 2.74. The summed E-state index contributed by atoms with van der Waals surface area (Å²) in [5.41, 5.74) is 1.57. The number of anilines is 3. The lowest BCUT2D eigenvalue weighted by Crippen LogP contribution is -2.63. The lowest BCUT2D eigenvalue weighted by molar-refractivity contribution is -0.129. The van der Waals surface area contributed by atoms with Gasteiger partial charge in [-0.2, -0.15) is 0 Å².